The summed E-state index contributed by atoms with van der Waals surface area (Å²) in [5, 5.41) is 2.52. The number of rotatable bonds is 0. The Balaban J connectivity index is 2.19. The van der Waals surface area contributed by atoms with Crippen LogP contribution in [-0.2, 0) is 0 Å². The minimum absolute atomic E-state index is 0.620. The summed E-state index contributed by atoms with van der Waals surface area (Å²) in [6.45, 7) is 10.4. The molecule has 2 aliphatic heterocycles. The van der Waals surface area contributed by atoms with Gasteiger partial charge in [0.15, 0.2) is 0 Å². The van der Waals surface area contributed by atoms with Crippen LogP contribution < -0.4 is 10.2 Å². The van der Waals surface area contributed by atoms with Crippen LogP contribution in [0, 0.1) is 10.8 Å². The Bertz CT molecular complexity index is 174. The second-order valence-corrected chi connectivity index (χ2v) is 5.81. The van der Waals surface area contributed by atoms with Gasteiger partial charge >= 0.3 is 0 Å². The quantitative estimate of drug-likeness (QED) is 0.441. The Labute approximate surface area is 75.3 Å². The fourth-order valence-corrected chi connectivity index (χ4v) is 3.73. The van der Waals surface area contributed by atoms with Gasteiger partial charge in [0.2, 0.25) is 0 Å². The highest BCUT2D eigenvalue weighted by molar-refractivity contribution is 4.88. The fraction of sp³-hybridized carbons (Fsp3) is 1.00. The monoisotopic (exact) mass is 170 g/mol. The van der Waals surface area contributed by atoms with Crippen molar-refractivity contribution in [2.45, 2.75) is 20.3 Å². The van der Waals surface area contributed by atoms with E-state index in [-0.39, 0.29) is 0 Å². The van der Waals surface area contributed by atoms with Crippen LogP contribution in [0.1, 0.15) is 20.3 Å². The second-order valence-electron chi connectivity index (χ2n) is 5.81. The molecule has 2 heteroatoms. The zero-order chi connectivity index (χ0) is 8.82. The SMILES string of the molecule is C[NH+]1C[C@]2(C)C[NH2+]C[C@](C)(C1)C2. The highest BCUT2D eigenvalue weighted by Crippen LogP contribution is 2.35. The number of quaternary nitrogens is 2. The van der Waals surface area contributed by atoms with Gasteiger partial charge in [-0.25, -0.2) is 0 Å². The summed E-state index contributed by atoms with van der Waals surface area (Å²) in [5.41, 5.74) is 1.24. The number of piperidine rings is 2. The molecule has 0 aliphatic carbocycles. The van der Waals surface area contributed by atoms with Crippen LogP contribution in [0.3, 0.4) is 0 Å². The van der Waals surface area contributed by atoms with Crippen LogP contribution >= 0.6 is 0 Å². The summed E-state index contributed by atoms with van der Waals surface area (Å²) < 4.78 is 0. The first-order chi connectivity index (χ1) is 5.52. The van der Waals surface area contributed by atoms with Gasteiger partial charge in [-0.15, -0.1) is 0 Å². The minimum atomic E-state index is 0.620. The van der Waals surface area contributed by atoms with Crippen molar-refractivity contribution in [3.05, 3.63) is 0 Å². The molecule has 3 N–H and O–H groups in total. The van der Waals surface area contributed by atoms with Gasteiger partial charge in [0, 0.05) is 0 Å². The molecule has 2 saturated heterocycles. The highest BCUT2D eigenvalue weighted by atomic mass is 15.1. The van der Waals surface area contributed by atoms with Crippen LogP contribution in [0.25, 0.3) is 0 Å². The molecular weight excluding hydrogens is 148 g/mol. The van der Waals surface area contributed by atoms with Gasteiger partial charge in [-0.3, -0.25) is 0 Å². The Morgan fingerprint density at radius 2 is 1.58 bits per heavy atom. The molecule has 0 aromatic rings. The van der Waals surface area contributed by atoms with Crippen molar-refractivity contribution in [3.63, 3.8) is 0 Å². The van der Waals surface area contributed by atoms with Gasteiger partial charge in [-0.05, 0) is 20.3 Å². The molecule has 2 rings (SSSR count). The standard InChI is InChI=1S/C10H20N2/c1-9-4-10(2,6-11-5-9)8-12(3)7-9/h11H,4-8H2,1-3H3/p+2/t9-,10+. The molecule has 0 aromatic heterocycles. The van der Waals surface area contributed by atoms with E-state index in [4.69, 9.17) is 0 Å². The molecular formula is C10H22N2+2. The van der Waals surface area contributed by atoms with Crippen molar-refractivity contribution in [2.75, 3.05) is 33.2 Å². The lowest BCUT2D eigenvalue weighted by atomic mass is 9.66. The Hall–Kier alpha value is -0.0800. The molecule has 2 nitrogen and oxygen atoms in total. The topological polar surface area (TPSA) is 21.1 Å². The lowest BCUT2D eigenvalue weighted by Crippen LogP contribution is -3.16. The molecule has 0 amide bonds. The number of fused-ring (bicyclic) bond motifs is 2. The molecule has 12 heavy (non-hydrogen) atoms. The molecule has 2 heterocycles. The maximum atomic E-state index is 2.52. The molecule has 3 atom stereocenters. The van der Waals surface area contributed by atoms with Crippen molar-refractivity contribution < 1.29 is 10.2 Å². The Morgan fingerprint density at radius 1 is 1.08 bits per heavy atom. The van der Waals surface area contributed by atoms with Gasteiger partial charge in [-0.1, -0.05) is 0 Å². The average Bonchev–Trinajstić information content (AvgIpc) is 1.79. The van der Waals surface area contributed by atoms with Crippen molar-refractivity contribution in [1.82, 2.24) is 0 Å². The van der Waals surface area contributed by atoms with E-state index in [1.54, 1.807) is 4.90 Å². The van der Waals surface area contributed by atoms with Crippen molar-refractivity contribution in [3.8, 4) is 0 Å². The lowest BCUT2D eigenvalue weighted by molar-refractivity contribution is -0.915. The van der Waals surface area contributed by atoms with Crippen molar-refractivity contribution in [2.24, 2.45) is 10.8 Å². The number of hydrogen-bond donors (Lipinski definition) is 2. The van der Waals surface area contributed by atoms with Crippen LogP contribution in [0.2, 0.25) is 0 Å². The second kappa shape index (κ2) is 2.46. The third-order valence-electron chi connectivity index (χ3n) is 3.58. The van der Waals surface area contributed by atoms with E-state index < -0.39 is 0 Å². The first-order valence-corrected chi connectivity index (χ1v) is 5.14. The van der Waals surface area contributed by atoms with E-state index in [2.05, 4.69) is 26.2 Å². The van der Waals surface area contributed by atoms with Crippen molar-refractivity contribution in [1.29, 1.82) is 0 Å². The summed E-state index contributed by atoms with van der Waals surface area (Å²) in [6, 6.07) is 0. The molecule has 0 saturated carbocycles. The first kappa shape index (κ1) is 8.52. The number of nitrogens with one attached hydrogen (secondary N) is 1. The van der Waals surface area contributed by atoms with Crippen LogP contribution in [0.15, 0.2) is 0 Å². The highest BCUT2D eigenvalue weighted by Gasteiger charge is 2.49. The summed E-state index contributed by atoms with van der Waals surface area (Å²) in [7, 11) is 2.35. The van der Waals surface area contributed by atoms with E-state index in [9.17, 15) is 0 Å². The molecule has 0 spiro atoms. The van der Waals surface area contributed by atoms with Crippen molar-refractivity contribution >= 4 is 0 Å². The van der Waals surface area contributed by atoms with Gasteiger partial charge < -0.3 is 10.2 Å². The summed E-state index contributed by atoms with van der Waals surface area (Å²) >= 11 is 0. The largest absolute Gasteiger partial charge is 0.345 e. The third-order valence-corrected chi connectivity index (χ3v) is 3.58. The number of hydrogen-bond acceptors (Lipinski definition) is 0. The lowest BCUT2D eigenvalue weighted by Gasteiger charge is -2.48. The Morgan fingerprint density at radius 3 is 2.08 bits per heavy atom. The van der Waals surface area contributed by atoms with Gasteiger partial charge in [0.05, 0.1) is 44.1 Å². The van der Waals surface area contributed by atoms with Crippen LogP contribution in [-0.4, -0.2) is 33.2 Å². The Kier molecular flexibility index (Phi) is 1.74. The molecule has 2 fully saturated rings. The maximum Gasteiger partial charge on any atom is 0.0878 e. The minimum Gasteiger partial charge on any atom is -0.345 e. The molecule has 0 radical (unpaired) electrons. The van der Waals surface area contributed by atoms with Crippen LogP contribution in [0.4, 0.5) is 0 Å². The molecule has 2 aliphatic rings. The van der Waals surface area contributed by atoms with Gasteiger partial charge in [-0.2, -0.15) is 0 Å². The molecule has 2 bridgehead atoms. The number of likely N-dealkylation sites (tertiary alicyclic amines) is 1. The number of nitrogens with two attached hydrogens (primary N) is 1. The predicted octanol–water partition coefficient (Wildman–Crippen LogP) is -1.51. The van der Waals surface area contributed by atoms with E-state index in [0.717, 1.165) is 0 Å². The first-order valence-electron chi connectivity index (χ1n) is 5.14. The smallest absolute Gasteiger partial charge is 0.0878 e. The van der Waals surface area contributed by atoms with E-state index >= 15 is 0 Å². The summed E-state index contributed by atoms with van der Waals surface area (Å²) in [6.07, 6.45) is 1.45. The molecule has 0 aromatic carbocycles. The molecule has 1 unspecified atom stereocenters. The van der Waals surface area contributed by atoms with E-state index in [1.165, 1.54) is 32.6 Å². The summed E-state index contributed by atoms with van der Waals surface area (Å²) in [4.78, 5) is 1.74. The zero-order valence-corrected chi connectivity index (χ0v) is 8.61. The maximum absolute atomic E-state index is 2.52. The van der Waals surface area contributed by atoms with Gasteiger partial charge in [0.25, 0.3) is 0 Å². The zero-order valence-electron chi connectivity index (χ0n) is 8.61. The van der Waals surface area contributed by atoms with Gasteiger partial charge in [0.1, 0.15) is 0 Å². The predicted molar refractivity (Wildman–Crippen MR) is 49.1 cm³/mol. The van der Waals surface area contributed by atoms with Crippen LogP contribution in [0.5, 0.6) is 0 Å². The fourth-order valence-electron chi connectivity index (χ4n) is 3.73. The van der Waals surface area contributed by atoms with E-state index in [1.807, 2.05) is 0 Å². The summed E-state index contributed by atoms with van der Waals surface area (Å²) in [5.74, 6) is 0. The third kappa shape index (κ3) is 1.38. The average molecular weight is 170 g/mol. The normalized spacial score (nSPS) is 53.8. The molecule has 70 valence electrons. The van der Waals surface area contributed by atoms with E-state index in [0.29, 0.717) is 10.8 Å².